The highest BCUT2D eigenvalue weighted by Crippen LogP contribution is 2.30. The second-order valence-corrected chi connectivity index (χ2v) is 9.54. The first-order chi connectivity index (χ1) is 16.5. The average Bonchev–Trinajstić information content (AvgIpc) is 3.20. The van der Waals surface area contributed by atoms with Crippen LogP contribution in [0.25, 0.3) is 10.9 Å². The lowest BCUT2D eigenvalue weighted by atomic mass is 9.96. The van der Waals surface area contributed by atoms with E-state index in [1.807, 2.05) is 16.6 Å². The number of amides is 2. The van der Waals surface area contributed by atoms with Crippen LogP contribution in [0.3, 0.4) is 0 Å². The predicted molar refractivity (Wildman–Crippen MR) is 132 cm³/mol. The molecule has 9 heteroatoms. The van der Waals surface area contributed by atoms with E-state index in [9.17, 15) is 14.4 Å². The zero-order chi connectivity index (χ0) is 24.1. The minimum atomic E-state index is -0.395. The second kappa shape index (κ2) is 11.0. The number of aryl methyl sites for hydroxylation is 1. The van der Waals surface area contributed by atoms with Gasteiger partial charge in [-0.1, -0.05) is 0 Å². The molecule has 9 nitrogen and oxygen atoms in total. The Bertz CT molecular complexity index is 1010. The smallest absolute Gasteiger partial charge is 0.219 e. The molecule has 1 N–H and O–H groups in total. The Morgan fingerprint density at radius 3 is 2.53 bits per heavy atom. The summed E-state index contributed by atoms with van der Waals surface area (Å²) in [4.78, 5) is 41.2. The Balaban J connectivity index is 1.38. The van der Waals surface area contributed by atoms with E-state index in [1.54, 1.807) is 7.05 Å². The van der Waals surface area contributed by atoms with Crippen LogP contribution < -0.4 is 10.2 Å². The van der Waals surface area contributed by atoms with Crippen LogP contribution >= 0.6 is 0 Å². The van der Waals surface area contributed by atoms with Gasteiger partial charge in [0, 0.05) is 77.4 Å². The maximum Gasteiger partial charge on any atom is 0.219 e. The summed E-state index contributed by atoms with van der Waals surface area (Å²) in [6, 6.07) is 6.35. The Labute approximate surface area is 201 Å². The summed E-state index contributed by atoms with van der Waals surface area (Å²) in [6.45, 7) is 6.92. The molecule has 2 fully saturated rings. The van der Waals surface area contributed by atoms with Crippen molar-refractivity contribution in [1.82, 2.24) is 24.9 Å². The van der Waals surface area contributed by atoms with Crippen molar-refractivity contribution in [2.24, 2.45) is 13.0 Å². The molecule has 2 saturated heterocycles. The molecule has 4 rings (SSSR count). The van der Waals surface area contributed by atoms with Crippen LogP contribution in [-0.2, 0) is 21.4 Å². The number of rotatable bonds is 9. The predicted octanol–water partition coefficient (Wildman–Crippen LogP) is 1.37. The molecule has 0 spiro atoms. The SMILES string of the molecule is CNC(=O)CCC(C=O)c1nn(C)c2cc(N3CCN(CC4CCN(C=O)CC4)CC3)ccc12. The van der Waals surface area contributed by atoms with Crippen molar-refractivity contribution in [3.05, 3.63) is 23.9 Å². The summed E-state index contributed by atoms with van der Waals surface area (Å²) < 4.78 is 1.84. The van der Waals surface area contributed by atoms with Crippen LogP contribution in [0.15, 0.2) is 18.2 Å². The van der Waals surface area contributed by atoms with Gasteiger partial charge in [-0.05, 0) is 43.4 Å². The Hall–Kier alpha value is -2.94. The van der Waals surface area contributed by atoms with E-state index in [1.165, 1.54) is 5.69 Å². The van der Waals surface area contributed by atoms with Crippen molar-refractivity contribution in [3.8, 4) is 0 Å². The molecule has 0 bridgehead atoms. The van der Waals surface area contributed by atoms with Crippen LogP contribution in [0.5, 0.6) is 0 Å². The Morgan fingerprint density at radius 1 is 1.15 bits per heavy atom. The molecule has 0 radical (unpaired) electrons. The average molecular weight is 469 g/mol. The van der Waals surface area contributed by atoms with Gasteiger partial charge in [0.15, 0.2) is 0 Å². The van der Waals surface area contributed by atoms with E-state index in [0.717, 1.165) is 87.9 Å². The molecule has 2 aliphatic heterocycles. The quantitative estimate of drug-likeness (QED) is 0.559. The van der Waals surface area contributed by atoms with Gasteiger partial charge in [0.2, 0.25) is 12.3 Å². The zero-order valence-electron chi connectivity index (χ0n) is 20.3. The number of aldehydes is 1. The number of anilines is 1. The second-order valence-electron chi connectivity index (χ2n) is 9.54. The minimum absolute atomic E-state index is 0.0695. The van der Waals surface area contributed by atoms with E-state index >= 15 is 0 Å². The van der Waals surface area contributed by atoms with Gasteiger partial charge in [0.1, 0.15) is 6.29 Å². The lowest BCUT2D eigenvalue weighted by Gasteiger charge is -2.39. The zero-order valence-corrected chi connectivity index (χ0v) is 20.3. The normalized spacial score (nSPS) is 18.8. The van der Waals surface area contributed by atoms with Gasteiger partial charge in [-0.25, -0.2) is 0 Å². The number of carbonyl (C=O) groups excluding carboxylic acids is 3. The van der Waals surface area contributed by atoms with E-state index in [4.69, 9.17) is 0 Å². The van der Waals surface area contributed by atoms with Crippen LogP contribution in [0.2, 0.25) is 0 Å². The molecular formula is C25H36N6O3. The molecule has 0 saturated carbocycles. The van der Waals surface area contributed by atoms with Crippen molar-refractivity contribution < 1.29 is 14.4 Å². The van der Waals surface area contributed by atoms with E-state index in [2.05, 4.69) is 38.4 Å². The van der Waals surface area contributed by atoms with Crippen LogP contribution in [0, 0.1) is 5.92 Å². The summed E-state index contributed by atoms with van der Waals surface area (Å²) in [5.74, 6) is 0.217. The largest absolute Gasteiger partial charge is 0.369 e. The molecule has 2 amide bonds. The van der Waals surface area contributed by atoms with Crippen LogP contribution in [0.4, 0.5) is 5.69 Å². The van der Waals surface area contributed by atoms with Gasteiger partial charge in [-0.3, -0.25) is 19.2 Å². The topological polar surface area (TPSA) is 90.8 Å². The van der Waals surface area contributed by atoms with Crippen LogP contribution in [-0.4, -0.2) is 91.0 Å². The number of fused-ring (bicyclic) bond motifs is 1. The van der Waals surface area contributed by atoms with Crippen molar-refractivity contribution in [2.45, 2.75) is 31.6 Å². The van der Waals surface area contributed by atoms with Crippen molar-refractivity contribution in [1.29, 1.82) is 0 Å². The van der Waals surface area contributed by atoms with Gasteiger partial charge in [0.25, 0.3) is 0 Å². The third-order valence-electron chi connectivity index (χ3n) is 7.39. The van der Waals surface area contributed by atoms with E-state index < -0.39 is 5.92 Å². The van der Waals surface area contributed by atoms with Crippen molar-refractivity contribution in [2.75, 3.05) is 57.8 Å². The Kier molecular flexibility index (Phi) is 7.82. The highest BCUT2D eigenvalue weighted by atomic mass is 16.1. The molecule has 1 aromatic carbocycles. The lowest BCUT2D eigenvalue weighted by molar-refractivity contribution is -0.121. The molecule has 3 heterocycles. The fourth-order valence-electron chi connectivity index (χ4n) is 5.22. The van der Waals surface area contributed by atoms with Gasteiger partial charge in [-0.2, -0.15) is 5.10 Å². The van der Waals surface area contributed by atoms with Crippen molar-refractivity contribution in [3.63, 3.8) is 0 Å². The first-order valence-electron chi connectivity index (χ1n) is 12.3. The third kappa shape index (κ3) is 5.41. The summed E-state index contributed by atoms with van der Waals surface area (Å²) in [7, 11) is 3.51. The molecule has 2 aliphatic rings. The van der Waals surface area contributed by atoms with Gasteiger partial charge in [-0.15, -0.1) is 0 Å². The first-order valence-corrected chi connectivity index (χ1v) is 12.3. The van der Waals surface area contributed by atoms with E-state index in [0.29, 0.717) is 18.8 Å². The lowest BCUT2D eigenvalue weighted by Crippen LogP contribution is -2.48. The van der Waals surface area contributed by atoms with Gasteiger partial charge in [0.05, 0.1) is 17.1 Å². The standard InChI is InChI=1S/C25H36N6O3/c1-26-24(34)6-3-20(17-32)25-22-5-4-21(15-23(22)28(2)27-25)31-13-11-29(12-14-31)16-19-7-9-30(18-33)10-8-19/h4-5,15,17-20H,3,6-14,16H2,1-2H3,(H,26,34). The summed E-state index contributed by atoms with van der Waals surface area (Å²) >= 11 is 0. The molecule has 2 aromatic rings. The van der Waals surface area contributed by atoms with Gasteiger partial charge >= 0.3 is 0 Å². The minimum Gasteiger partial charge on any atom is -0.369 e. The molecule has 0 aliphatic carbocycles. The highest BCUT2D eigenvalue weighted by Gasteiger charge is 2.25. The molecular weight excluding hydrogens is 432 g/mol. The first kappa shape index (κ1) is 24.2. The number of hydrogen-bond acceptors (Lipinski definition) is 6. The summed E-state index contributed by atoms with van der Waals surface area (Å²) in [5.41, 5.74) is 2.92. The fourth-order valence-corrected chi connectivity index (χ4v) is 5.22. The molecule has 184 valence electrons. The maximum atomic E-state index is 11.8. The monoisotopic (exact) mass is 468 g/mol. The highest BCUT2D eigenvalue weighted by molar-refractivity contribution is 5.88. The summed E-state index contributed by atoms with van der Waals surface area (Å²) in [6.07, 6.45) is 4.83. The number of nitrogens with one attached hydrogen (secondary N) is 1. The number of carbonyl (C=O) groups is 3. The third-order valence-corrected chi connectivity index (χ3v) is 7.39. The molecule has 34 heavy (non-hydrogen) atoms. The molecule has 1 unspecified atom stereocenters. The van der Waals surface area contributed by atoms with Gasteiger partial charge < -0.3 is 19.9 Å². The number of piperidine rings is 1. The number of likely N-dealkylation sites (tertiary alicyclic amines) is 1. The van der Waals surface area contributed by atoms with E-state index in [-0.39, 0.29) is 5.91 Å². The summed E-state index contributed by atoms with van der Waals surface area (Å²) in [5, 5.41) is 8.22. The number of hydrogen-bond donors (Lipinski definition) is 1. The molecule has 1 aromatic heterocycles. The van der Waals surface area contributed by atoms with Crippen LogP contribution in [0.1, 0.15) is 37.3 Å². The Morgan fingerprint density at radius 2 is 1.88 bits per heavy atom. The molecule has 1 atom stereocenters. The number of nitrogens with zero attached hydrogens (tertiary/aromatic N) is 5. The number of aromatic nitrogens is 2. The number of benzene rings is 1. The van der Waals surface area contributed by atoms with Crippen molar-refractivity contribution >= 4 is 35.2 Å². The maximum absolute atomic E-state index is 11.8. The fraction of sp³-hybridized carbons (Fsp3) is 0.600. The number of piperazine rings is 1.